The maximum absolute atomic E-state index is 11.3. The van der Waals surface area contributed by atoms with Gasteiger partial charge >= 0.3 is 0 Å². The molecule has 0 unspecified atom stereocenters. The van der Waals surface area contributed by atoms with Gasteiger partial charge in [-0.1, -0.05) is 11.6 Å². The van der Waals surface area contributed by atoms with Crippen molar-refractivity contribution in [3.05, 3.63) is 23.2 Å². The fourth-order valence-electron chi connectivity index (χ4n) is 2.57. The van der Waals surface area contributed by atoms with Crippen LogP contribution in [0, 0.1) is 0 Å². The van der Waals surface area contributed by atoms with E-state index in [0.29, 0.717) is 6.04 Å². The average molecular weight is 296 g/mol. The Bertz CT molecular complexity index is 482. The Morgan fingerprint density at radius 2 is 2.00 bits per heavy atom. The van der Waals surface area contributed by atoms with Gasteiger partial charge in [-0.25, -0.2) is 0 Å². The number of benzene rings is 1. The summed E-state index contributed by atoms with van der Waals surface area (Å²) in [6, 6.07) is 6.28. The Morgan fingerprint density at radius 3 is 2.55 bits per heavy atom. The van der Waals surface area contributed by atoms with Crippen LogP contribution in [-0.2, 0) is 4.79 Å². The molecular weight excluding hydrogens is 274 g/mol. The first kappa shape index (κ1) is 15.0. The molecule has 1 aliphatic heterocycles. The van der Waals surface area contributed by atoms with Crippen molar-refractivity contribution in [3.8, 4) is 0 Å². The Balaban J connectivity index is 2.04. The number of halogens is 1. The molecule has 0 aromatic heterocycles. The lowest BCUT2D eigenvalue weighted by Crippen LogP contribution is -2.41. The lowest BCUT2D eigenvalue weighted by molar-refractivity contribution is -0.129. The molecule has 1 N–H and O–H groups in total. The maximum Gasteiger partial charge on any atom is 0.219 e. The summed E-state index contributed by atoms with van der Waals surface area (Å²) in [7, 11) is 4.04. The molecule has 1 aromatic carbocycles. The topological polar surface area (TPSA) is 35.6 Å². The van der Waals surface area contributed by atoms with Crippen LogP contribution in [0.2, 0.25) is 5.02 Å². The van der Waals surface area contributed by atoms with Crippen LogP contribution in [0.1, 0.15) is 19.8 Å². The van der Waals surface area contributed by atoms with Crippen LogP contribution in [0.3, 0.4) is 0 Å². The monoisotopic (exact) mass is 295 g/mol. The van der Waals surface area contributed by atoms with Gasteiger partial charge in [0, 0.05) is 45.2 Å². The highest BCUT2D eigenvalue weighted by Gasteiger charge is 2.21. The fourth-order valence-corrected chi connectivity index (χ4v) is 2.74. The summed E-state index contributed by atoms with van der Waals surface area (Å²) in [5.74, 6) is 0.167. The van der Waals surface area contributed by atoms with E-state index in [2.05, 4.69) is 10.2 Å². The highest BCUT2D eigenvalue weighted by atomic mass is 35.5. The van der Waals surface area contributed by atoms with Gasteiger partial charge in [-0.2, -0.15) is 0 Å². The van der Waals surface area contributed by atoms with Crippen LogP contribution in [-0.4, -0.2) is 44.0 Å². The van der Waals surface area contributed by atoms with Crippen LogP contribution in [0.25, 0.3) is 0 Å². The zero-order chi connectivity index (χ0) is 14.7. The smallest absolute Gasteiger partial charge is 0.219 e. The lowest BCUT2D eigenvalue weighted by Gasteiger charge is -2.33. The van der Waals surface area contributed by atoms with E-state index in [0.717, 1.165) is 42.3 Å². The normalized spacial score (nSPS) is 16.1. The molecule has 1 aromatic rings. The van der Waals surface area contributed by atoms with E-state index in [-0.39, 0.29) is 5.91 Å². The quantitative estimate of drug-likeness (QED) is 0.931. The van der Waals surface area contributed by atoms with Crippen molar-refractivity contribution < 1.29 is 4.79 Å². The Hall–Kier alpha value is -1.42. The second kappa shape index (κ2) is 6.35. The molecule has 4 nitrogen and oxygen atoms in total. The number of carbonyl (C=O) groups excluding carboxylic acids is 1. The van der Waals surface area contributed by atoms with E-state index < -0.39 is 0 Å². The summed E-state index contributed by atoms with van der Waals surface area (Å²) >= 11 is 6.09. The number of hydrogen-bond acceptors (Lipinski definition) is 3. The molecule has 0 atom stereocenters. The number of likely N-dealkylation sites (tertiary alicyclic amines) is 1. The summed E-state index contributed by atoms with van der Waals surface area (Å²) in [5.41, 5.74) is 2.19. The number of nitrogens with one attached hydrogen (secondary N) is 1. The van der Waals surface area contributed by atoms with E-state index in [9.17, 15) is 4.79 Å². The number of hydrogen-bond donors (Lipinski definition) is 1. The van der Waals surface area contributed by atoms with Crippen LogP contribution in [0.15, 0.2) is 18.2 Å². The molecule has 5 heteroatoms. The molecule has 0 radical (unpaired) electrons. The third-order valence-corrected chi connectivity index (χ3v) is 3.98. The predicted octanol–water partition coefficient (Wildman–Crippen LogP) is 2.83. The molecule has 1 aliphatic rings. The fraction of sp³-hybridized carbons (Fsp3) is 0.533. The molecule has 0 spiro atoms. The van der Waals surface area contributed by atoms with Gasteiger partial charge in [-0.3, -0.25) is 4.79 Å². The SMILES string of the molecule is CC(=O)N1CCC(Nc2cc(Cl)ccc2N(C)C)CC1. The minimum atomic E-state index is 0.167. The van der Waals surface area contributed by atoms with Crippen molar-refractivity contribution in [2.24, 2.45) is 0 Å². The molecule has 0 aliphatic carbocycles. The number of amides is 1. The van der Waals surface area contributed by atoms with Crippen molar-refractivity contribution in [3.63, 3.8) is 0 Å². The van der Waals surface area contributed by atoms with E-state index in [1.165, 1.54) is 0 Å². The van der Waals surface area contributed by atoms with Crippen molar-refractivity contribution in [2.75, 3.05) is 37.4 Å². The molecule has 0 bridgehead atoms. The first-order valence-corrected chi connectivity index (χ1v) is 7.34. The third-order valence-electron chi connectivity index (χ3n) is 3.74. The largest absolute Gasteiger partial charge is 0.380 e. The van der Waals surface area contributed by atoms with E-state index in [1.54, 1.807) is 6.92 Å². The van der Waals surface area contributed by atoms with E-state index in [4.69, 9.17) is 11.6 Å². The van der Waals surface area contributed by atoms with Crippen molar-refractivity contribution in [1.29, 1.82) is 0 Å². The molecule has 20 heavy (non-hydrogen) atoms. The van der Waals surface area contributed by atoms with Crippen LogP contribution in [0.5, 0.6) is 0 Å². The van der Waals surface area contributed by atoms with Gasteiger partial charge in [0.05, 0.1) is 11.4 Å². The average Bonchev–Trinajstić information content (AvgIpc) is 2.39. The van der Waals surface area contributed by atoms with Crippen molar-refractivity contribution >= 4 is 28.9 Å². The van der Waals surface area contributed by atoms with Gasteiger partial charge in [0.2, 0.25) is 5.91 Å². The Morgan fingerprint density at radius 1 is 1.35 bits per heavy atom. The molecule has 1 heterocycles. The number of anilines is 2. The Labute approximate surface area is 125 Å². The zero-order valence-corrected chi connectivity index (χ0v) is 13.1. The first-order valence-electron chi connectivity index (χ1n) is 6.96. The number of nitrogens with zero attached hydrogens (tertiary/aromatic N) is 2. The second-order valence-electron chi connectivity index (χ2n) is 5.48. The minimum absolute atomic E-state index is 0.167. The maximum atomic E-state index is 11.3. The van der Waals surface area contributed by atoms with E-state index in [1.807, 2.05) is 37.2 Å². The number of carbonyl (C=O) groups is 1. The van der Waals surface area contributed by atoms with E-state index >= 15 is 0 Å². The van der Waals surface area contributed by atoms with Gasteiger partial charge in [0.15, 0.2) is 0 Å². The highest BCUT2D eigenvalue weighted by Crippen LogP contribution is 2.29. The number of rotatable bonds is 3. The molecule has 1 amide bonds. The van der Waals surface area contributed by atoms with Crippen LogP contribution in [0.4, 0.5) is 11.4 Å². The van der Waals surface area contributed by atoms with Gasteiger partial charge in [-0.05, 0) is 31.0 Å². The first-order chi connectivity index (χ1) is 9.47. The molecule has 2 rings (SSSR count). The summed E-state index contributed by atoms with van der Waals surface area (Å²) in [6.07, 6.45) is 1.94. The molecule has 1 fully saturated rings. The molecule has 110 valence electrons. The van der Waals surface area contributed by atoms with Gasteiger partial charge in [0.25, 0.3) is 0 Å². The zero-order valence-electron chi connectivity index (χ0n) is 12.3. The van der Waals surface area contributed by atoms with Crippen LogP contribution < -0.4 is 10.2 Å². The van der Waals surface area contributed by atoms with Gasteiger partial charge in [-0.15, -0.1) is 0 Å². The summed E-state index contributed by atoms with van der Waals surface area (Å²) < 4.78 is 0. The van der Waals surface area contributed by atoms with Crippen molar-refractivity contribution in [2.45, 2.75) is 25.8 Å². The second-order valence-corrected chi connectivity index (χ2v) is 5.92. The lowest BCUT2D eigenvalue weighted by atomic mass is 10.0. The summed E-state index contributed by atoms with van der Waals surface area (Å²) in [6.45, 7) is 3.28. The molecule has 0 saturated carbocycles. The summed E-state index contributed by atoms with van der Waals surface area (Å²) in [5, 5.41) is 4.30. The third kappa shape index (κ3) is 3.57. The van der Waals surface area contributed by atoms with Crippen LogP contribution >= 0.6 is 11.6 Å². The number of piperidine rings is 1. The van der Waals surface area contributed by atoms with Gasteiger partial charge in [0.1, 0.15) is 0 Å². The Kier molecular flexibility index (Phi) is 4.76. The standard InChI is InChI=1S/C15H22ClN3O/c1-11(20)19-8-6-13(7-9-19)17-14-10-12(16)4-5-15(14)18(2)3/h4-5,10,13,17H,6-9H2,1-3H3. The highest BCUT2D eigenvalue weighted by molar-refractivity contribution is 6.31. The summed E-state index contributed by atoms with van der Waals surface area (Å²) in [4.78, 5) is 15.3. The molecular formula is C15H22ClN3O. The van der Waals surface area contributed by atoms with Gasteiger partial charge < -0.3 is 15.1 Å². The minimum Gasteiger partial charge on any atom is -0.380 e. The molecule has 1 saturated heterocycles. The predicted molar refractivity (Wildman–Crippen MR) is 84.7 cm³/mol. The van der Waals surface area contributed by atoms with Crippen molar-refractivity contribution in [1.82, 2.24) is 4.90 Å².